The zero-order chi connectivity index (χ0) is 21.5. The monoisotopic (exact) mass is 436 g/mol. The lowest BCUT2D eigenvalue weighted by atomic mass is 9.83. The summed E-state index contributed by atoms with van der Waals surface area (Å²) in [5.41, 5.74) is 1.27. The Balaban J connectivity index is 1.58. The van der Waals surface area contributed by atoms with E-state index in [0.29, 0.717) is 11.4 Å². The fraction of sp³-hybridized carbons (Fsp3) is 0.682. The molecule has 0 atom stereocenters. The Labute approximate surface area is 181 Å². The maximum absolute atomic E-state index is 12.3. The van der Waals surface area contributed by atoms with Gasteiger partial charge in [-0.2, -0.15) is 0 Å². The molecule has 2 saturated carbocycles. The van der Waals surface area contributed by atoms with Crippen LogP contribution >= 0.6 is 0 Å². The van der Waals surface area contributed by atoms with Crippen molar-refractivity contribution in [2.45, 2.75) is 69.4 Å². The summed E-state index contributed by atoms with van der Waals surface area (Å²) < 4.78 is 32.6. The van der Waals surface area contributed by atoms with Gasteiger partial charge in [0.1, 0.15) is 0 Å². The van der Waals surface area contributed by atoms with Gasteiger partial charge in [0.15, 0.2) is 5.96 Å². The Kier molecular flexibility index (Phi) is 8.13. The largest absolute Gasteiger partial charge is 0.385 e. The molecule has 0 saturated heterocycles. The Morgan fingerprint density at radius 1 is 1.17 bits per heavy atom. The van der Waals surface area contributed by atoms with E-state index in [2.05, 4.69) is 22.3 Å². The van der Waals surface area contributed by atoms with Gasteiger partial charge in [0.25, 0.3) is 0 Å². The van der Waals surface area contributed by atoms with Crippen LogP contribution in [0.25, 0.3) is 0 Å². The van der Waals surface area contributed by atoms with Crippen molar-refractivity contribution in [1.29, 1.82) is 0 Å². The number of rotatable bonds is 11. The van der Waals surface area contributed by atoms with E-state index < -0.39 is 10.0 Å². The summed E-state index contributed by atoms with van der Waals surface area (Å²) in [4.78, 5) is 5.02. The third kappa shape index (κ3) is 6.68. The standard InChI is InChI=1S/C22H36N4O3S/c1-3-23-21(25-17-22(14-15-29-2)12-4-5-13-22)24-16-18-6-10-20(11-7-18)30(27,28)26-19-8-9-19/h6-7,10-11,19,26H,3-5,8-9,12-17H2,1-2H3,(H2,23,24,25). The van der Waals surface area contributed by atoms with E-state index in [1.165, 1.54) is 25.7 Å². The number of ether oxygens (including phenoxy) is 1. The van der Waals surface area contributed by atoms with Crippen molar-refractivity contribution in [3.05, 3.63) is 29.8 Å². The Morgan fingerprint density at radius 2 is 1.87 bits per heavy atom. The average molecular weight is 437 g/mol. The molecule has 0 radical (unpaired) electrons. The molecule has 8 heteroatoms. The molecule has 2 aliphatic carbocycles. The van der Waals surface area contributed by atoms with Crippen molar-refractivity contribution in [3.63, 3.8) is 0 Å². The Bertz CT molecular complexity index is 798. The molecule has 7 nitrogen and oxygen atoms in total. The predicted octanol–water partition coefficient (Wildman–Crippen LogP) is 2.78. The second-order valence-electron chi connectivity index (χ2n) is 8.54. The van der Waals surface area contributed by atoms with Gasteiger partial charge in [-0.15, -0.1) is 0 Å². The number of aliphatic imine (C=N–C) groups is 1. The molecule has 2 aliphatic rings. The highest BCUT2D eigenvalue weighted by Gasteiger charge is 2.33. The van der Waals surface area contributed by atoms with Crippen molar-refractivity contribution < 1.29 is 13.2 Å². The number of sulfonamides is 1. The molecule has 1 aromatic rings. The molecule has 3 N–H and O–H groups in total. The van der Waals surface area contributed by atoms with E-state index in [-0.39, 0.29) is 11.5 Å². The highest BCUT2D eigenvalue weighted by atomic mass is 32.2. The van der Waals surface area contributed by atoms with Gasteiger partial charge in [-0.25, -0.2) is 18.1 Å². The Morgan fingerprint density at radius 3 is 2.47 bits per heavy atom. The van der Waals surface area contributed by atoms with Gasteiger partial charge in [-0.05, 0) is 62.1 Å². The van der Waals surface area contributed by atoms with Crippen LogP contribution in [-0.4, -0.2) is 47.2 Å². The van der Waals surface area contributed by atoms with Gasteiger partial charge in [0, 0.05) is 32.8 Å². The normalized spacial score (nSPS) is 19.1. The summed E-state index contributed by atoms with van der Waals surface area (Å²) in [7, 11) is -1.64. The van der Waals surface area contributed by atoms with Crippen LogP contribution < -0.4 is 15.4 Å². The predicted molar refractivity (Wildman–Crippen MR) is 120 cm³/mol. The SMILES string of the molecule is CCNC(=NCc1ccc(S(=O)(=O)NC2CC2)cc1)NCC1(CCOC)CCCC1. The molecule has 0 spiro atoms. The lowest BCUT2D eigenvalue weighted by molar-refractivity contribution is 0.138. The smallest absolute Gasteiger partial charge is 0.240 e. The molecule has 0 amide bonds. The van der Waals surface area contributed by atoms with Crippen LogP contribution in [0.1, 0.15) is 57.4 Å². The first-order valence-electron chi connectivity index (χ1n) is 11.1. The van der Waals surface area contributed by atoms with Gasteiger partial charge in [0.2, 0.25) is 10.0 Å². The second-order valence-corrected chi connectivity index (χ2v) is 10.3. The van der Waals surface area contributed by atoms with Gasteiger partial charge in [-0.1, -0.05) is 25.0 Å². The summed E-state index contributed by atoms with van der Waals surface area (Å²) >= 11 is 0. The number of hydrogen-bond donors (Lipinski definition) is 3. The van der Waals surface area contributed by atoms with Crippen molar-refractivity contribution >= 4 is 16.0 Å². The summed E-state index contributed by atoms with van der Waals surface area (Å²) in [6, 6.07) is 7.11. The second kappa shape index (κ2) is 10.6. The van der Waals surface area contributed by atoms with Crippen molar-refractivity contribution in [2.75, 3.05) is 26.8 Å². The number of nitrogens with zero attached hydrogens (tertiary/aromatic N) is 1. The average Bonchev–Trinajstić information content (AvgIpc) is 3.42. The quantitative estimate of drug-likeness (QED) is 0.366. The zero-order valence-corrected chi connectivity index (χ0v) is 19.1. The summed E-state index contributed by atoms with van der Waals surface area (Å²) in [6.45, 7) is 5.03. The molecule has 0 bridgehead atoms. The summed E-state index contributed by atoms with van der Waals surface area (Å²) in [6.07, 6.45) is 7.95. The van der Waals surface area contributed by atoms with E-state index >= 15 is 0 Å². The van der Waals surface area contributed by atoms with Crippen LogP contribution in [0.3, 0.4) is 0 Å². The summed E-state index contributed by atoms with van der Waals surface area (Å²) in [5, 5.41) is 6.84. The molecule has 0 aromatic heterocycles. The van der Waals surface area contributed by atoms with Gasteiger partial charge >= 0.3 is 0 Å². The lowest BCUT2D eigenvalue weighted by Crippen LogP contribution is -2.43. The first-order chi connectivity index (χ1) is 14.5. The summed E-state index contributed by atoms with van der Waals surface area (Å²) in [5.74, 6) is 0.799. The Hall–Kier alpha value is -1.64. The van der Waals surface area contributed by atoms with Crippen LogP contribution in [0, 0.1) is 5.41 Å². The fourth-order valence-electron chi connectivity index (χ4n) is 4.00. The van der Waals surface area contributed by atoms with Crippen molar-refractivity contribution in [2.24, 2.45) is 10.4 Å². The van der Waals surface area contributed by atoms with Crippen molar-refractivity contribution in [3.8, 4) is 0 Å². The molecule has 3 rings (SSSR count). The van der Waals surface area contributed by atoms with E-state index in [0.717, 1.165) is 50.5 Å². The van der Waals surface area contributed by atoms with Crippen LogP contribution in [-0.2, 0) is 21.3 Å². The van der Waals surface area contributed by atoms with Crippen LogP contribution in [0.2, 0.25) is 0 Å². The minimum absolute atomic E-state index is 0.111. The topological polar surface area (TPSA) is 91.8 Å². The molecule has 0 heterocycles. The van der Waals surface area contributed by atoms with Gasteiger partial charge in [-0.3, -0.25) is 0 Å². The van der Waals surface area contributed by atoms with Crippen molar-refractivity contribution in [1.82, 2.24) is 15.4 Å². The molecule has 2 fully saturated rings. The first-order valence-corrected chi connectivity index (χ1v) is 12.6. The minimum atomic E-state index is -3.41. The highest BCUT2D eigenvalue weighted by molar-refractivity contribution is 7.89. The molecule has 168 valence electrons. The number of hydrogen-bond acceptors (Lipinski definition) is 4. The van der Waals surface area contributed by atoms with E-state index in [9.17, 15) is 8.42 Å². The third-order valence-corrected chi connectivity index (χ3v) is 7.56. The van der Waals surface area contributed by atoms with Gasteiger partial charge in [0.05, 0.1) is 11.4 Å². The molecular weight excluding hydrogens is 400 g/mol. The molecule has 0 unspecified atom stereocenters. The first kappa shape index (κ1) is 23.0. The fourth-order valence-corrected chi connectivity index (χ4v) is 5.31. The van der Waals surface area contributed by atoms with E-state index in [4.69, 9.17) is 9.73 Å². The number of methoxy groups -OCH3 is 1. The molecule has 30 heavy (non-hydrogen) atoms. The van der Waals surface area contributed by atoms with Crippen LogP contribution in [0.4, 0.5) is 0 Å². The van der Waals surface area contributed by atoms with E-state index in [1.807, 2.05) is 12.1 Å². The molecule has 1 aromatic carbocycles. The number of nitrogens with one attached hydrogen (secondary N) is 3. The highest BCUT2D eigenvalue weighted by Crippen LogP contribution is 2.40. The molecular formula is C22H36N4O3S. The number of guanidine groups is 1. The van der Waals surface area contributed by atoms with E-state index in [1.54, 1.807) is 19.2 Å². The zero-order valence-electron chi connectivity index (χ0n) is 18.2. The van der Waals surface area contributed by atoms with Gasteiger partial charge < -0.3 is 15.4 Å². The van der Waals surface area contributed by atoms with Crippen LogP contribution in [0.15, 0.2) is 34.2 Å². The minimum Gasteiger partial charge on any atom is -0.385 e. The third-order valence-electron chi connectivity index (χ3n) is 6.03. The molecule has 0 aliphatic heterocycles. The maximum atomic E-state index is 12.3. The maximum Gasteiger partial charge on any atom is 0.240 e. The lowest BCUT2D eigenvalue weighted by Gasteiger charge is -2.30. The van der Waals surface area contributed by atoms with Crippen LogP contribution in [0.5, 0.6) is 0 Å². The number of benzene rings is 1.